The molecule has 0 saturated carbocycles. The van der Waals surface area contributed by atoms with Gasteiger partial charge >= 0.3 is 0 Å². The minimum Gasteiger partial charge on any atom is -0.491 e. The second-order valence-corrected chi connectivity index (χ2v) is 5.63. The Morgan fingerprint density at radius 2 is 2.00 bits per heavy atom. The van der Waals surface area contributed by atoms with E-state index in [0.29, 0.717) is 12.6 Å². The van der Waals surface area contributed by atoms with E-state index in [9.17, 15) is 0 Å². The van der Waals surface area contributed by atoms with Crippen molar-refractivity contribution in [2.24, 2.45) is 5.73 Å². The third kappa shape index (κ3) is 3.72. The molecule has 1 saturated heterocycles. The van der Waals surface area contributed by atoms with E-state index >= 15 is 0 Å². The molecule has 4 nitrogen and oxygen atoms in total. The van der Waals surface area contributed by atoms with Gasteiger partial charge in [-0.2, -0.15) is 0 Å². The predicted octanol–water partition coefficient (Wildman–Crippen LogP) is 2.19. The molecule has 1 aliphatic rings. The third-order valence-corrected chi connectivity index (χ3v) is 3.81. The van der Waals surface area contributed by atoms with Crippen LogP contribution in [0.3, 0.4) is 0 Å². The summed E-state index contributed by atoms with van der Waals surface area (Å²) in [4.78, 5) is 2.41. The smallest absolute Gasteiger partial charge is 0.119 e. The molecular weight excluding hydrogens is 252 g/mol. The molecule has 0 radical (unpaired) electrons. The summed E-state index contributed by atoms with van der Waals surface area (Å²) in [6.07, 6.45) is 1.63. The van der Waals surface area contributed by atoms with Gasteiger partial charge in [0.25, 0.3) is 0 Å². The molecule has 4 heteroatoms. The van der Waals surface area contributed by atoms with E-state index in [2.05, 4.69) is 17.0 Å². The van der Waals surface area contributed by atoms with Gasteiger partial charge in [-0.25, -0.2) is 0 Å². The second kappa shape index (κ2) is 7.07. The Morgan fingerprint density at radius 3 is 2.50 bits per heavy atom. The Hall–Kier alpha value is -1.10. The number of nitrogens with zero attached hydrogens (tertiary/aromatic N) is 1. The summed E-state index contributed by atoms with van der Waals surface area (Å²) in [5, 5.41) is 0. The minimum absolute atomic E-state index is 0.201. The maximum Gasteiger partial charge on any atom is 0.119 e. The molecule has 0 aromatic heterocycles. The third-order valence-electron chi connectivity index (χ3n) is 3.81. The Balaban J connectivity index is 2.04. The zero-order chi connectivity index (χ0) is 14.5. The Labute approximate surface area is 121 Å². The quantitative estimate of drug-likeness (QED) is 0.866. The number of nitrogens with two attached hydrogens (primary N) is 1. The molecule has 1 aromatic carbocycles. The maximum absolute atomic E-state index is 5.98. The van der Waals surface area contributed by atoms with E-state index in [1.54, 1.807) is 7.11 Å². The molecule has 0 bridgehead atoms. The highest BCUT2D eigenvalue weighted by molar-refractivity contribution is 5.29. The predicted molar refractivity (Wildman–Crippen MR) is 81.0 cm³/mol. The number of rotatable bonds is 6. The largest absolute Gasteiger partial charge is 0.491 e. The summed E-state index contributed by atoms with van der Waals surface area (Å²) in [6.45, 7) is 6.70. The van der Waals surface area contributed by atoms with Crippen molar-refractivity contribution in [2.75, 3.05) is 26.7 Å². The fraction of sp³-hybridized carbons (Fsp3) is 0.625. The zero-order valence-corrected chi connectivity index (χ0v) is 12.7. The van der Waals surface area contributed by atoms with Gasteiger partial charge in [0.15, 0.2) is 0 Å². The lowest BCUT2D eigenvalue weighted by atomic mass is 10.1. The molecule has 2 N–H and O–H groups in total. The zero-order valence-electron chi connectivity index (χ0n) is 12.7. The van der Waals surface area contributed by atoms with Gasteiger partial charge in [0.05, 0.1) is 12.2 Å². The van der Waals surface area contributed by atoms with Crippen LogP contribution in [0.2, 0.25) is 0 Å². The van der Waals surface area contributed by atoms with Gasteiger partial charge in [0, 0.05) is 32.8 Å². The second-order valence-electron chi connectivity index (χ2n) is 5.63. The van der Waals surface area contributed by atoms with Crippen molar-refractivity contribution >= 4 is 0 Å². The average molecular weight is 278 g/mol. The first kappa shape index (κ1) is 15.3. The number of methoxy groups -OCH3 is 1. The molecule has 2 atom stereocenters. The van der Waals surface area contributed by atoms with Crippen molar-refractivity contribution in [2.45, 2.75) is 38.5 Å². The van der Waals surface area contributed by atoms with Crippen molar-refractivity contribution in [1.82, 2.24) is 4.90 Å². The van der Waals surface area contributed by atoms with Crippen molar-refractivity contribution in [3.63, 3.8) is 0 Å². The normalized spacial score (nSPS) is 21.4. The number of hydrogen-bond acceptors (Lipinski definition) is 4. The lowest BCUT2D eigenvalue weighted by Crippen LogP contribution is -2.32. The van der Waals surface area contributed by atoms with Crippen molar-refractivity contribution in [3.8, 4) is 5.75 Å². The molecule has 1 heterocycles. The summed E-state index contributed by atoms with van der Waals surface area (Å²) in [5.41, 5.74) is 7.23. The number of ether oxygens (including phenoxy) is 2. The van der Waals surface area contributed by atoms with Crippen molar-refractivity contribution in [3.05, 3.63) is 29.8 Å². The highest BCUT2D eigenvalue weighted by Gasteiger charge is 2.28. The summed E-state index contributed by atoms with van der Waals surface area (Å²) < 4.78 is 11.1. The van der Waals surface area contributed by atoms with Crippen LogP contribution in [0.25, 0.3) is 0 Å². The SMILES string of the molecule is COC1CCN(C(CN)c2ccc(OC(C)C)cc2)C1. The maximum atomic E-state index is 5.98. The number of likely N-dealkylation sites (tertiary alicyclic amines) is 1. The van der Waals surface area contributed by atoms with Crippen LogP contribution < -0.4 is 10.5 Å². The number of hydrogen-bond donors (Lipinski definition) is 1. The summed E-state index contributed by atoms with van der Waals surface area (Å²) in [7, 11) is 1.78. The van der Waals surface area contributed by atoms with Gasteiger partial charge in [-0.1, -0.05) is 12.1 Å². The fourth-order valence-electron chi connectivity index (χ4n) is 2.77. The van der Waals surface area contributed by atoms with E-state index in [4.69, 9.17) is 15.2 Å². The average Bonchev–Trinajstić information content (AvgIpc) is 2.90. The lowest BCUT2D eigenvalue weighted by molar-refractivity contribution is 0.101. The van der Waals surface area contributed by atoms with Crippen LogP contribution in [-0.2, 0) is 4.74 Å². The molecule has 112 valence electrons. The van der Waals surface area contributed by atoms with Crippen LogP contribution in [-0.4, -0.2) is 43.9 Å². The first-order chi connectivity index (χ1) is 9.63. The van der Waals surface area contributed by atoms with Gasteiger partial charge in [0.2, 0.25) is 0 Å². The van der Waals surface area contributed by atoms with Crippen LogP contribution in [0.5, 0.6) is 5.75 Å². The summed E-state index contributed by atoms with van der Waals surface area (Å²) in [6, 6.07) is 8.57. The first-order valence-electron chi connectivity index (χ1n) is 7.37. The van der Waals surface area contributed by atoms with Crippen LogP contribution in [0.4, 0.5) is 0 Å². The molecule has 0 amide bonds. The lowest BCUT2D eigenvalue weighted by Gasteiger charge is -2.27. The highest BCUT2D eigenvalue weighted by atomic mass is 16.5. The standard InChI is InChI=1S/C16H26N2O2/c1-12(2)20-14-6-4-13(5-7-14)16(10-17)18-9-8-15(11-18)19-3/h4-7,12,15-16H,8-11,17H2,1-3H3. The van der Waals surface area contributed by atoms with Gasteiger partial charge in [-0.05, 0) is 38.0 Å². The molecule has 2 unspecified atom stereocenters. The van der Waals surface area contributed by atoms with E-state index in [-0.39, 0.29) is 12.1 Å². The Kier molecular flexibility index (Phi) is 5.40. The van der Waals surface area contributed by atoms with Crippen molar-refractivity contribution in [1.29, 1.82) is 0 Å². The Morgan fingerprint density at radius 1 is 1.30 bits per heavy atom. The molecule has 0 spiro atoms. The van der Waals surface area contributed by atoms with Gasteiger partial charge in [-0.15, -0.1) is 0 Å². The molecule has 0 aliphatic carbocycles. The monoisotopic (exact) mass is 278 g/mol. The number of benzene rings is 1. The van der Waals surface area contributed by atoms with Crippen molar-refractivity contribution < 1.29 is 9.47 Å². The van der Waals surface area contributed by atoms with Gasteiger partial charge in [0.1, 0.15) is 5.75 Å². The van der Waals surface area contributed by atoms with Crippen LogP contribution in [0.15, 0.2) is 24.3 Å². The van der Waals surface area contributed by atoms with Crippen LogP contribution in [0.1, 0.15) is 31.9 Å². The molecule has 1 aliphatic heterocycles. The molecule has 1 fully saturated rings. The van der Waals surface area contributed by atoms with Gasteiger partial charge in [-0.3, -0.25) is 4.90 Å². The molecule has 1 aromatic rings. The van der Waals surface area contributed by atoms with E-state index in [0.717, 1.165) is 25.3 Å². The molecule has 2 rings (SSSR count). The van der Waals surface area contributed by atoms with Crippen LogP contribution >= 0.6 is 0 Å². The topological polar surface area (TPSA) is 47.7 Å². The first-order valence-corrected chi connectivity index (χ1v) is 7.37. The summed E-state index contributed by atoms with van der Waals surface area (Å²) in [5.74, 6) is 0.913. The Bertz CT molecular complexity index is 405. The van der Waals surface area contributed by atoms with E-state index in [1.165, 1.54) is 5.56 Å². The van der Waals surface area contributed by atoms with E-state index < -0.39 is 0 Å². The van der Waals surface area contributed by atoms with Crippen LogP contribution in [0, 0.1) is 0 Å². The van der Waals surface area contributed by atoms with Gasteiger partial charge < -0.3 is 15.2 Å². The summed E-state index contributed by atoms with van der Waals surface area (Å²) >= 11 is 0. The highest BCUT2D eigenvalue weighted by Crippen LogP contribution is 2.26. The minimum atomic E-state index is 0.201. The molecular formula is C16H26N2O2. The fourth-order valence-corrected chi connectivity index (χ4v) is 2.77. The van der Waals surface area contributed by atoms with E-state index in [1.807, 2.05) is 26.0 Å². The molecule has 20 heavy (non-hydrogen) atoms.